The number of hydrogen-bond donors (Lipinski definition) is 0. The van der Waals surface area contributed by atoms with Crippen LogP contribution in [0.15, 0.2) is 0 Å². The second-order valence-electron chi connectivity index (χ2n) is 12.1. The highest BCUT2D eigenvalue weighted by Gasteiger charge is 2.61. The predicted octanol–water partition coefficient (Wildman–Crippen LogP) is 8.55. The van der Waals surface area contributed by atoms with Crippen LogP contribution in [0.4, 0.5) is 52.7 Å². The van der Waals surface area contributed by atoms with Crippen molar-refractivity contribution in [2.45, 2.75) is 126 Å². The monoisotopic (exact) mass is 590 g/mol. The fourth-order valence-corrected chi connectivity index (χ4v) is 7.80. The third-order valence-electron chi connectivity index (χ3n) is 9.58. The van der Waals surface area contributed by atoms with E-state index in [1.54, 1.807) is 0 Å². The maximum atomic E-state index is 15.3. The Morgan fingerprint density at radius 3 is 1.51 bits per heavy atom. The summed E-state index contributed by atoms with van der Waals surface area (Å²) in [5, 5.41) is 0. The van der Waals surface area contributed by atoms with Crippen LogP contribution in [-0.2, 0) is 4.74 Å². The molecule has 0 N–H and O–H groups in total. The summed E-state index contributed by atoms with van der Waals surface area (Å²) in [5.41, 5.74) is 0. The number of alkyl halides is 12. The van der Waals surface area contributed by atoms with Crippen molar-refractivity contribution in [3.63, 3.8) is 0 Å². The summed E-state index contributed by atoms with van der Waals surface area (Å²) in [4.78, 5) is 0. The lowest BCUT2D eigenvalue weighted by molar-refractivity contribution is -0.360. The van der Waals surface area contributed by atoms with Gasteiger partial charge in [-0.25, -0.2) is 39.5 Å². The summed E-state index contributed by atoms with van der Waals surface area (Å²) < 4.78 is 174. The minimum absolute atomic E-state index is 0.106. The molecule has 0 aromatic carbocycles. The molecular weight excluding hydrogens is 556 g/mol. The zero-order valence-corrected chi connectivity index (χ0v) is 21.1. The van der Waals surface area contributed by atoms with E-state index in [0.29, 0.717) is 19.3 Å². The van der Waals surface area contributed by atoms with Crippen LogP contribution < -0.4 is 0 Å². The van der Waals surface area contributed by atoms with Crippen molar-refractivity contribution in [3.05, 3.63) is 0 Å². The Balaban J connectivity index is 1.39. The first-order chi connectivity index (χ1) is 18.1. The average molecular weight is 591 g/mol. The Bertz CT molecular complexity index is 774. The SMILES string of the molecule is FC1CCCC(C2CC(F)C(C3CC(F)C(C(F)(F)C4CC(F)C(OC(F)(F)F)C(F)C4)C(F)C3)C(F)C2)C1. The van der Waals surface area contributed by atoms with Crippen LogP contribution in [0.1, 0.15) is 64.2 Å². The minimum atomic E-state index is -5.41. The maximum absolute atomic E-state index is 15.3. The predicted molar refractivity (Wildman–Crippen MR) is 117 cm³/mol. The molecule has 0 bridgehead atoms. The second kappa shape index (κ2) is 11.8. The smallest absolute Gasteiger partial charge is 0.282 e. The van der Waals surface area contributed by atoms with E-state index in [4.69, 9.17) is 0 Å². The summed E-state index contributed by atoms with van der Waals surface area (Å²) in [6.07, 6.45) is -26.0. The van der Waals surface area contributed by atoms with E-state index >= 15 is 26.3 Å². The van der Waals surface area contributed by atoms with Gasteiger partial charge in [-0.1, -0.05) is 6.42 Å². The van der Waals surface area contributed by atoms with Crippen molar-refractivity contribution in [1.82, 2.24) is 0 Å². The van der Waals surface area contributed by atoms with Crippen LogP contribution in [0.3, 0.4) is 0 Å². The van der Waals surface area contributed by atoms with Crippen molar-refractivity contribution in [2.75, 3.05) is 0 Å². The Kier molecular flexibility index (Phi) is 9.38. The fourth-order valence-electron chi connectivity index (χ4n) is 7.80. The molecule has 13 heteroatoms. The Labute approximate surface area is 219 Å². The first-order valence-electron chi connectivity index (χ1n) is 13.7. The van der Waals surface area contributed by atoms with Gasteiger partial charge in [0.25, 0.3) is 5.92 Å². The van der Waals surface area contributed by atoms with Gasteiger partial charge in [-0.15, -0.1) is 13.2 Å². The lowest BCUT2D eigenvalue weighted by Gasteiger charge is -2.48. The molecule has 0 amide bonds. The molecule has 0 spiro atoms. The highest BCUT2D eigenvalue weighted by Crippen LogP contribution is 2.54. The lowest BCUT2D eigenvalue weighted by Crippen LogP contribution is -2.56. The van der Waals surface area contributed by atoms with Gasteiger partial charge in [0, 0.05) is 11.8 Å². The third kappa shape index (κ3) is 6.79. The lowest BCUT2D eigenvalue weighted by atomic mass is 9.62. The molecule has 8 unspecified atom stereocenters. The molecule has 228 valence electrons. The molecule has 4 rings (SSSR count). The third-order valence-corrected chi connectivity index (χ3v) is 9.58. The summed E-state index contributed by atoms with van der Waals surface area (Å²) in [6.45, 7) is 0. The first-order valence-corrected chi connectivity index (χ1v) is 13.7. The Morgan fingerprint density at radius 2 is 1.03 bits per heavy atom. The van der Waals surface area contributed by atoms with Crippen molar-refractivity contribution in [2.24, 2.45) is 35.5 Å². The zero-order chi connectivity index (χ0) is 28.9. The summed E-state index contributed by atoms with van der Waals surface area (Å²) >= 11 is 0. The molecule has 0 aromatic rings. The van der Waals surface area contributed by atoms with Gasteiger partial charge in [-0.3, -0.25) is 4.74 Å². The number of rotatable bonds is 5. The maximum Gasteiger partial charge on any atom is 0.522 e. The van der Waals surface area contributed by atoms with E-state index in [2.05, 4.69) is 4.74 Å². The molecule has 0 heterocycles. The van der Waals surface area contributed by atoms with Gasteiger partial charge in [0.05, 0.1) is 5.92 Å². The van der Waals surface area contributed by atoms with Crippen molar-refractivity contribution in [3.8, 4) is 0 Å². The molecule has 8 atom stereocenters. The van der Waals surface area contributed by atoms with Crippen LogP contribution in [0, 0.1) is 35.5 Å². The van der Waals surface area contributed by atoms with Gasteiger partial charge in [-0.05, 0) is 75.5 Å². The van der Waals surface area contributed by atoms with Crippen LogP contribution in [-0.4, -0.2) is 61.6 Å². The van der Waals surface area contributed by atoms with Gasteiger partial charge >= 0.3 is 6.36 Å². The van der Waals surface area contributed by atoms with E-state index < -0.39 is 117 Å². The largest absolute Gasteiger partial charge is 0.522 e. The second-order valence-corrected chi connectivity index (χ2v) is 12.1. The zero-order valence-electron chi connectivity index (χ0n) is 21.1. The van der Waals surface area contributed by atoms with E-state index in [9.17, 15) is 26.3 Å². The molecule has 4 saturated carbocycles. The molecule has 0 aromatic heterocycles. The van der Waals surface area contributed by atoms with Crippen LogP contribution in [0.25, 0.3) is 0 Å². The molecule has 4 aliphatic carbocycles. The van der Waals surface area contributed by atoms with E-state index in [-0.39, 0.29) is 25.2 Å². The van der Waals surface area contributed by atoms with Crippen LogP contribution >= 0.6 is 0 Å². The first kappa shape index (κ1) is 31.1. The standard InChI is InChI=1S/C26H34F12O/c27-15-3-1-2-11(4-15)12-5-16(28)22(17(29)6-12)13-7-18(30)23(19(31)8-13)25(34,35)14-9-20(32)24(21(33)10-14)39-26(36,37)38/h11-24H,1-10H2. The minimum Gasteiger partial charge on any atom is -0.282 e. The fraction of sp³-hybridized carbons (Fsp3) is 1.00. The van der Waals surface area contributed by atoms with Crippen molar-refractivity contribution >= 4 is 0 Å². The Morgan fingerprint density at radius 1 is 0.513 bits per heavy atom. The average Bonchev–Trinajstić information content (AvgIpc) is 2.79. The topological polar surface area (TPSA) is 9.23 Å². The van der Waals surface area contributed by atoms with Crippen LogP contribution in [0.2, 0.25) is 0 Å². The number of ether oxygens (including phenoxy) is 1. The van der Waals surface area contributed by atoms with Gasteiger partial charge in [0.15, 0.2) is 0 Å². The molecule has 0 radical (unpaired) electrons. The van der Waals surface area contributed by atoms with Gasteiger partial charge < -0.3 is 0 Å². The highest BCUT2D eigenvalue weighted by atomic mass is 19.4. The summed E-state index contributed by atoms with van der Waals surface area (Å²) in [7, 11) is 0. The van der Waals surface area contributed by atoms with Gasteiger partial charge in [0.1, 0.15) is 49.3 Å². The van der Waals surface area contributed by atoms with E-state index in [1.165, 1.54) is 0 Å². The van der Waals surface area contributed by atoms with Crippen molar-refractivity contribution in [1.29, 1.82) is 0 Å². The quantitative estimate of drug-likeness (QED) is 0.292. The molecule has 0 aliphatic heterocycles. The molecule has 39 heavy (non-hydrogen) atoms. The molecule has 4 aliphatic rings. The highest BCUT2D eigenvalue weighted by molar-refractivity contribution is 5.04. The van der Waals surface area contributed by atoms with Crippen molar-refractivity contribution < 1.29 is 57.4 Å². The van der Waals surface area contributed by atoms with Crippen LogP contribution in [0.5, 0.6) is 0 Å². The van der Waals surface area contributed by atoms with E-state index in [0.717, 1.165) is 0 Å². The number of hydrogen-bond acceptors (Lipinski definition) is 1. The van der Waals surface area contributed by atoms with E-state index in [1.807, 2.05) is 0 Å². The summed E-state index contributed by atoms with van der Waals surface area (Å²) in [5.74, 6) is -12.5. The molecule has 1 nitrogen and oxygen atoms in total. The van der Waals surface area contributed by atoms with Gasteiger partial charge in [-0.2, -0.15) is 0 Å². The normalized spacial score (nSPS) is 48.6. The molecule has 0 saturated heterocycles. The molecule has 4 fully saturated rings. The Hall–Kier alpha value is -0.880. The number of halogens is 12. The molecular formula is C26H34F12O. The van der Waals surface area contributed by atoms with Gasteiger partial charge in [0.2, 0.25) is 0 Å². The summed E-state index contributed by atoms with van der Waals surface area (Å²) in [6, 6.07) is 0.